The lowest BCUT2D eigenvalue weighted by Gasteiger charge is -2.44. The van der Waals surface area contributed by atoms with E-state index in [4.69, 9.17) is 0 Å². The van der Waals surface area contributed by atoms with Gasteiger partial charge in [0.05, 0.1) is 5.25 Å². The molecule has 0 aliphatic heterocycles. The summed E-state index contributed by atoms with van der Waals surface area (Å²) < 4.78 is 23.3. The molecular weight excluding hydrogens is 234 g/mol. The van der Waals surface area contributed by atoms with Crippen molar-refractivity contribution in [2.24, 2.45) is 17.8 Å². The van der Waals surface area contributed by atoms with Gasteiger partial charge in [-0.25, -0.2) is 8.42 Å². The predicted molar refractivity (Wildman–Crippen MR) is 70.7 cm³/mol. The van der Waals surface area contributed by atoms with Crippen LogP contribution in [0.4, 0.5) is 0 Å². The Hall–Kier alpha value is -0.0900. The van der Waals surface area contributed by atoms with Crippen LogP contribution in [-0.4, -0.2) is 33.5 Å². The molecule has 3 nitrogen and oxygen atoms in total. The maximum Gasteiger partial charge on any atom is 0.150 e. The van der Waals surface area contributed by atoms with E-state index in [-0.39, 0.29) is 5.25 Å². The highest BCUT2D eigenvalue weighted by Crippen LogP contribution is 2.45. The van der Waals surface area contributed by atoms with Crippen molar-refractivity contribution in [1.29, 1.82) is 0 Å². The fourth-order valence-electron chi connectivity index (χ4n) is 3.69. The lowest BCUT2D eigenvalue weighted by molar-refractivity contribution is 0.0809. The molecule has 0 radical (unpaired) electrons. The van der Waals surface area contributed by atoms with Crippen molar-refractivity contribution in [2.75, 3.05) is 19.8 Å². The zero-order chi connectivity index (χ0) is 12.5. The molecule has 0 aromatic rings. The minimum absolute atomic E-state index is 0.0583. The van der Waals surface area contributed by atoms with E-state index in [1.54, 1.807) is 0 Å². The van der Waals surface area contributed by atoms with Crippen LogP contribution in [0.1, 0.15) is 38.5 Å². The van der Waals surface area contributed by atoms with Crippen LogP contribution in [-0.2, 0) is 9.84 Å². The first-order chi connectivity index (χ1) is 8.02. The molecule has 0 amide bonds. The highest BCUT2D eigenvalue weighted by Gasteiger charge is 2.40. The fraction of sp³-hybridized carbons (Fsp3) is 1.00. The largest absolute Gasteiger partial charge is 0.319 e. The van der Waals surface area contributed by atoms with Crippen LogP contribution in [0.5, 0.6) is 0 Å². The molecule has 4 unspecified atom stereocenters. The van der Waals surface area contributed by atoms with Crippen molar-refractivity contribution in [2.45, 2.75) is 43.8 Å². The van der Waals surface area contributed by atoms with Crippen LogP contribution in [0, 0.1) is 17.8 Å². The first-order valence-corrected chi connectivity index (χ1v) is 8.81. The Bertz CT molecular complexity index is 352. The van der Waals surface area contributed by atoms with Crippen LogP contribution in [0.3, 0.4) is 0 Å². The summed E-state index contributed by atoms with van der Waals surface area (Å²) >= 11 is 0. The van der Waals surface area contributed by atoms with Gasteiger partial charge in [-0.05, 0) is 57.0 Å². The predicted octanol–water partition coefficient (Wildman–Crippen LogP) is 1.84. The lowest BCUT2D eigenvalue weighted by Crippen LogP contribution is -2.41. The normalized spacial score (nSPS) is 38.7. The number of nitrogens with one attached hydrogen (secondary N) is 1. The Morgan fingerprint density at radius 3 is 2.47 bits per heavy atom. The molecule has 0 spiro atoms. The average molecular weight is 259 g/mol. The highest BCUT2D eigenvalue weighted by molar-refractivity contribution is 7.91. The SMILES string of the molecule is CNCC1CCC1C1CCCC(S(C)(=O)=O)C1. The van der Waals surface area contributed by atoms with Gasteiger partial charge in [-0.15, -0.1) is 0 Å². The lowest BCUT2D eigenvalue weighted by atomic mass is 9.63. The van der Waals surface area contributed by atoms with Gasteiger partial charge in [0.15, 0.2) is 0 Å². The molecule has 2 aliphatic carbocycles. The van der Waals surface area contributed by atoms with Gasteiger partial charge in [0, 0.05) is 6.26 Å². The van der Waals surface area contributed by atoms with Crippen LogP contribution in [0.25, 0.3) is 0 Å². The first-order valence-electron chi connectivity index (χ1n) is 6.86. The highest BCUT2D eigenvalue weighted by atomic mass is 32.2. The summed E-state index contributed by atoms with van der Waals surface area (Å²) in [4.78, 5) is 0. The van der Waals surface area contributed by atoms with Gasteiger partial charge in [-0.1, -0.05) is 12.8 Å². The monoisotopic (exact) mass is 259 g/mol. The van der Waals surface area contributed by atoms with Gasteiger partial charge < -0.3 is 5.32 Å². The van der Waals surface area contributed by atoms with Crippen LogP contribution in [0.2, 0.25) is 0 Å². The summed E-state index contributed by atoms with van der Waals surface area (Å²) in [7, 11) is -0.812. The summed E-state index contributed by atoms with van der Waals surface area (Å²) in [6, 6.07) is 0. The van der Waals surface area contributed by atoms with Gasteiger partial charge in [0.25, 0.3) is 0 Å². The van der Waals surface area contributed by atoms with Gasteiger partial charge in [0.1, 0.15) is 9.84 Å². The average Bonchev–Trinajstić information content (AvgIpc) is 2.24. The smallest absolute Gasteiger partial charge is 0.150 e. The molecule has 2 aliphatic rings. The number of hydrogen-bond acceptors (Lipinski definition) is 3. The summed E-state index contributed by atoms with van der Waals surface area (Å²) in [5, 5.41) is 3.20. The van der Waals surface area contributed by atoms with Crippen molar-refractivity contribution < 1.29 is 8.42 Å². The summed E-state index contributed by atoms with van der Waals surface area (Å²) in [5.41, 5.74) is 0. The van der Waals surface area contributed by atoms with E-state index < -0.39 is 9.84 Å². The van der Waals surface area contributed by atoms with Gasteiger partial charge in [-0.3, -0.25) is 0 Å². The minimum atomic E-state index is -2.82. The molecule has 100 valence electrons. The molecule has 4 atom stereocenters. The molecule has 17 heavy (non-hydrogen) atoms. The molecule has 2 fully saturated rings. The third kappa shape index (κ3) is 3.02. The van der Waals surface area contributed by atoms with E-state index in [9.17, 15) is 8.42 Å². The summed E-state index contributed by atoms with van der Waals surface area (Å²) in [6.07, 6.45) is 8.20. The van der Waals surface area contributed by atoms with Crippen molar-refractivity contribution in [3.05, 3.63) is 0 Å². The van der Waals surface area contributed by atoms with Crippen molar-refractivity contribution >= 4 is 9.84 Å². The van der Waals surface area contributed by atoms with Crippen LogP contribution >= 0.6 is 0 Å². The van der Waals surface area contributed by atoms with E-state index >= 15 is 0 Å². The molecular formula is C13H25NO2S. The Balaban J connectivity index is 1.94. The number of hydrogen-bond donors (Lipinski definition) is 1. The second kappa shape index (κ2) is 5.27. The molecule has 0 bridgehead atoms. The van der Waals surface area contributed by atoms with Crippen molar-refractivity contribution in [3.8, 4) is 0 Å². The molecule has 4 heteroatoms. The molecule has 2 rings (SSSR count). The molecule has 1 N–H and O–H groups in total. The fourth-order valence-corrected chi connectivity index (χ4v) is 4.88. The third-order valence-corrected chi connectivity index (χ3v) is 6.46. The third-order valence-electron chi connectivity index (χ3n) is 4.82. The van der Waals surface area contributed by atoms with Gasteiger partial charge in [-0.2, -0.15) is 0 Å². The van der Waals surface area contributed by atoms with Gasteiger partial charge in [0.2, 0.25) is 0 Å². The zero-order valence-corrected chi connectivity index (χ0v) is 11.8. The second-order valence-corrected chi connectivity index (χ2v) is 8.26. The second-order valence-electron chi connectivity index (χ2n) is 5.94. The quantitative estimate of drug-likeness (QED) is 0.838. The van der Waals surface area contributed by atoms with Gasteiger partial charge >= 0.3 is 0 Å². The molecule has 0 aromatic heterocycles. The van der Waals surface area contributed by atoms with E-state index in [0.29, 0.717) is 5.92 Å². The maximum atomic E-state index is 11.7. The van der Waals surface area contributed by atoms with Crippen molar-refractivity contribution in [3.63, 3.8) is 0 Å². The van der Waals surface area contributed by atoms with Crippen LogP contribution in [0.15, 0.2) is 0 Å². The summed E-state index contributed by atoms with van der Waals surface area (Å²) in [5.74, 6) is 2.24. The molecule has 2 saturated carbocycles. The maximum absolute atomic E-state index is 11.7. The Morgan fingerprint density at radius 1 is 1.18 bits per heavy atom. The molecule has 0 aromatic carbocycles. The molecule has 0 saturated heterocycles. The number of rotatable bonds is 4. The van der Waals surface area contributed by atoms with E-state index in [0.717, 1.165) is 37.6 Å². The Morgan fingerprint density at radius 2 is 1.94 bits per heavy atom. The first kappa shape index (κ1) is 13.3. The Labute approximate surface area is 105 Å². The Kier molecular flexibility index (Phi) is 4.14. The zero-order valence-electron chi connectivity index (χ0n) is 11.0. The topological polar surface area (TPSA) is 46.2 Å². The summed E-state index contributed by atoms with van der Waals surface area (Å²) in [6.45, 7) is 1.10. The van der Waals surface area contributed by atoms with E-state index in [1.165, 1.54) is 25.5 Å². The minimum Gasteiger partial charge on any atom is -0.319 e. The van der Waals surface area contributed by atoms with Crippen molar-refractivity contribution in [1.82, 2.24) is 5.32 Å². The van der Waals surface area contributed by atoms with E-state index in [1.807, 2.05) is 7.05 Å². The standard InChI is InChI=1S/C13H25NO2S/c1-14-9-11-6-7-13(11)10-4-3-5-12(8-10)17(2,15)16/h10-14H,3-9H2,1-2H3. The number of sulfone groups is 1. The molecule has 0 heterocycles. The van der Waals surface area contributed by atoms with E-state index in [2.05, 4.69) is 5.32 Å². The van der Waals surface area contributed by atoms with Crippen LogP contribution < -0.4 is 5.32 Å².